The average Bonchev–Trinajstić information content (AvgIpc) is 2.77. The maximum Gasteiger partial charge on any atom is 0.244 e. The first kappa shape index (κ1) is 27.7. The number of carbonyl (C=O) groups excluding carboxylic acids is 2. The van der Waals surface area contributed by atoms with Gasteiger partial charge in [-0.15, -0.1) is 0 Å². The minimum Gasteiger partial charge on any atom is -0.354 e. The summed E-state index contributed by atoms with van der Waals surface area (Å²) in [5, 5.41) is 3.31. The largest absolute Gasteiger partial charge is 0.354 e. The van der Waals surface area contributed by atoms with E-state index in [2.05, 4.69) is 5.32 Å². The van der Waals surface area contributed by atoms with Crippen LogP contribution in [0.4, 0.5) is 5.69 Å². The Labute approximate surface area is 208 Å². The molecule has 9 heteroatoms. The number of sulfonamides is 1. The van der Waals surface area contributed by atoms with Gasteiger partial charge >= 0.3 is 0 Å². The Bertz CT molecular complexity index is 1090. The van der Waals surface area contributed by atoms with E-state index in [0.717, 1.165) is 16.1 Å². The van der Waals surface area contributed by atoms with Crippen LogP contribution in [0.1, 0.15) is 38.3 Å². The van der Waals surface area contributed by atoms with E-state index >= 15 is 0 Å². The second-order valence-electron chi connectivity index (χ2n) is 8.72. The van der Waals surface area contributed by atoms with Crippen molar-refractivity contribution in [1.29, 1.82) is 0 Å². The van der Waals surface area contributed by atoms with Crippen LogP contribution in [-0.2, 0) is 26.2 Å². The molecule has 0 radical (unpaired) electrons. The molecule has 0 bridgehead atoms. The molecule has 0 aliphatic rings. The maximum absolute atomic E-state index is 13.6. The zero-order chi connectivity index (χ0) is 25.5. The SMILES string of the molecule is CC[C@H](C(=O)NCC(C)C)N(Cc1ccccc1)C(=O)CN(c1cccc(Cl)c1C)S(C)(=O)=O. The first-order chi connectivity index (χ1) is 16.0. The number of anilines is 1. The molecule has 0 saturated carbocycles. The van der Waals surface area contributed by atoms with Crippen molar-refractivity contribution in [1.82, 2.24) is 10.2 Å². The third-order valence-electron chi connectivity index (χ3n) is 5.45. The highest BCUT2D eigenvalue weighted by molar-refractivity contribution is 7.92. The van der Waals surface area contributed by atoms with E-state index in [1.54, 1.807) is 25.1 Å². The van der Waals surface area contributed by atoms with Gasteiger partial charge in [0.2, 0.25) is 21.8 Å². The van der Waals surface area contributed by atoms with Crippen molar-refractivity contribution >= 4 is 39.1 Å². The predicted molar refractivity (Wildman–Crippen MR) is 137 cm³/mol. The zero-order valence-corrected chi connectivity index (χ0v) is 22.0. The summed E-state index contributed by atoms with van der Waals surface area (Å²) in [7, 11) is -3.81. The molecule has 1 atom stereocenters. The van der Waals surface area contributed by atoms with Gasteiger partial charge in [-0.2, -0.15) is 0 Å². The number of amides is 2. The van der Waals surface area contributed by atoms with Crippen molar-refractivity contribution in [3.63, 3.8) is 0 Å². The maximum atomic E-state index is 13.6. The average molecular weight is 508 g/mol. The van der Waals surface area contributed by atoms with Gasteiger partial charge in [0.1, 0.15) is 12.6 Å². The van der Waals surface area contributed by atoms with Crippen LogP contribution in [0.2, 0.25) is 5.02 Å². The standard InChI is InChI=1S/C25H34ClN3O4S/c1-6-22(25(31)27-15-18(2)3)28(16-20-11-8-7-9-12-20)24(30)17-29(34(5,32)33)23-14-10-13-21(26)19(23)4/h7-14,18,22H,6,15-17H2,1-5H3,(H,27,31)/t22-/m1/s1. The second-order valence-corrected chi connectivity index (χ2v) is 11.0. The van der Waals surface area contributed by atoms with Gasteiger partial charge in [-0.1, -0.05) is 68.8 Å². The summed E-state index contributed by atoms with van der Waals surface area (Å²) < 4.78 is 26.4. The molecule has 0 saturated heterocycles. The molecule has 0 aliphatic carbocycles. The van der Waals surface area contributed by atoms with Crippen molar-refractivity contribution in [2.45, 2.75) is 46.7 Å². The molecule has 2 amide bonds. The number of nitrogens with zero attached hydrogens (tertiary/aromatic N) is 2. The number of hydrogen-bond acceptors (Lipinski definition) is 4. The van der Waals surface area contributed by atoms with Crippen LogP contribution in [-0.4, -0.2) is 50.5 Å². The van der Waals surface area contributed by atoms with Crippen LogP contribution in [0.5, 0.6) is 0 Å². The highest BCUT2D eigenvalue weighted by Crippen LogP contribution is 2.28. The highest BCUT2D eigenvalue weighted by atomic mass is 35.5. The Kier molecular flexibility index (Phi) is 9.94. The van der Waals surface area contributed by atoms with Gasteiger partial charge in [0.25, 0.3) is 0 Å². The third-order valence-corrected chi connectivity index (χ3v) is 6.99. The summed E-state index contributed by atoms with van der Waals surface area (Å²) >= 11 is 6.22. The van der Waals surface area contributed by atoms with Gasteiger partial charge in [0.05, 0.1) is 11.9 Å². The van der Waals surface area contributed by atoms with Crippen LogP contribution in [0.15, 0.2) is 48.5 Å². The minimum absolute atomic E-state index is 0.180. The summed E-state index contributed by atoms with van der Waals surface area (Å²) in [6.45, 7) is 7.74. The predicted octanol–water partition coefficient (Wildman–Crippen LogP) is 3.99. The van der Waals surface area contributed by atoms with E-state index in [1.807, 2.05) is 51.1 Å². The number of hydrogen-bond donors (Lipinski definition) is 1. The van der Waals surface area contributed by atoms with Crippen LogP contribution in [0.25, 0.3) is 0 Å². The minimum atomic E-state index is -3.81. The van der Waals surface area contributed by atoms with Crippen molar-refractivity contribution in [2.75, 3.05) is 23.7 Å². The Morgan fingerprint density at radius 3 is 2.26 bits per heavy atom. The molecular weight excluding hydrogens is 474 g/mol. The molecule has 0 aromatic heterocycles. The van der Waals surface area contributed by atoms with E-state index in [9.17, 15) is 18.0 Å². The quantitative estimate of drug-likeness (QED) is 0.498. The molecule has 1 N–H and O–H groups in total. The fourth-order valence-electron chi connectivity index (χ4n) is 3.58. The van der Waals surface area contributed by atoms with Crippen molar-refractivity contribution in [3.05, 3.63) is 64.7 Å². The van der Waals surface area contributed by atoms with Crippen molar-refractivity contribution in [3.8, 4) is 0 Å². The van der Waals surface area contributed by atoms with Gasteiger partial charge in [-0.25, -0.2) is 8.42 Å². The first-order valence-corrected chi connectivity index (χ1v) is 13.5. The lowest BCUT2D eigenvalue weighted by Gasteiger charge is -2.33. The Morgan fingerprint density at radius 1 is 1.06 bits per heavy atom. The summed E-state index contributed by atoms with van der Waals surface area (Å²) in [5.41, 5.74) is 1.73. The molecule has 7 nitrogen and oxygen atoms in total. The lowest BCUT2D eigenvalue weighted by Crippen LogP contribution is -2.52. The Morgan fingerprint density at radius 2 is 1.71 bits per heavy atom. The van der Waals surface area contributed by atoms with E-state index < -0.39 is 28.5 Å². The van der Waals surface area contributed by atoms with Gasteiger partial charge in [-0.05, 0) is 42.5 Å². The second kappa shape index (κ2) is 12.2. The molecule has 0 spiro atoms. The topological polar surface area (TPSA) is 86.8 Å². The Balaban J connectivity index is 2.44. The summed E-state index contributed by atoms with van der Waals surface area (Å²) in [6.07, 6.45) is 1.44. The highest BCUT2D eigenvalue weighted by Gasteiger charge is 2.32. The van der Waals surface area contributed by atoms with Gasteiger partial charge in [-0.3, -0.25) is 13.9 Å². The van der Waals surface area contributed by atoms with Crippen LogP contribution >= 0.6 is 11.6 Å². The molecule has 0 aliphatic heterocycles. The summed E-state index contributed by atoms with van der Waals surface area (Å²) in [5.74, 6) is -0.475. The Hall–Kier alpha value is -2.58. The first-order valence-electron chi connectivity index (χ1n) is 11.3. The zero-order valence-electron chi connectivity index (χ0n) is 20.4. The van der Waals surface area contributed by atoms with Crippen LogP contribution < -0.4 is 9.62 Å². The smallest absolute Gasteiger partial charge is 0.244 e. The van der Waals surface area contributed by atoms with Crippen molar-refractivity contribution < 1.29 is 18.0 Å². The van der Waals surface area contributed by atoms with E-state index in [1.165, 1.54) is 4.90 Å². The van der Waals surface area contributed by atoms with E-state index in [0.29, 0.717) is 29.2 Å². The molecule has 2 aromatic rings. The van der Waals surface area contributed by atoms with Gasteiger partial charge in [0, 0.05) is 18.1 Å². The lowest BCUT2D eigenvalue weighted by atomic mass is 10.1. The number of carbonyl (C=O) groups is 2. The van der Waals surface area contributed by atoms with Gasteiger partial charge in [0.15, 0.2) is 0 Å². The normalized spacial score (nSPS) is 12.3. The monoisotopic (exact) mass is 507 g/mol. The van der Waals surface area contributed by atoms with Crippen LogP contribution in [0, 0.1) is 12.8 Å². The molecule has 0 unspecified atom stereocenters. The fraction of sp³-hybridized carbons (Fsp3) is 0.440. The van der Waals surface area contributed by atoms with Crippen molar-refractivity contribution in [2.24, 2.45) is 5.92 Å². The molecule has 186 valence electrons. The molecule has 34 heavy (non-hydrogen) atoms. The van der Waals surface area contributed by atoms with Gasteiger partial charge < -0.3 is 10.2 Å². The molecule has 0 fully saturated rings. The molecule has 0 heterocycles. The molecular formula is C25H34ClN3O4S. The van der Waals surface area contributed by atoms with E-state index in [4.69, 9.17) is 11.6 Å². The lowest BCUT2D eigenvalue weighted by molar-refractivity contribution is -0.140. The number of halogens is 1. The number of nitrogens with one attached hydrogen (secondary N) is 1. The number of rotatable bonds is 11. The summed E-state index contributed by atoms with van der Waals surface area (Å²) in [4.78, 5) is 28.1. The van der Waals surface area contributed by atoms with Crippen LogP contribution in [0.3, 0.4) is 0 Å². The van der Waals surface area contributed by atoms with E-state index in [-0.39, 0.29) is 18.4 Å². The third kappa shape index (κ3) is 7.46. The fourth-order valence-corrected chi connectivity index (χ4v) is 4.65. The summed E-state index contributed by atoms with van der Waals surface area (Å²) in [6, 6.07) is 13.5. The molecule has 2 aromatic carbocycles. The number of benzene rings is 2. The molecule has 2 rings (SSSR count).